The standard InChI is InChI=1S/Ca.4NO3.2Na/c;4*2-1(3)4;;/q+2;4*-1;2*+1. The Balaban J connectivity index is -0.0000000192. The molecule has 0 atom stereocenters. The monoisotopic (exact) mass is 334 g/mol. The van der Waals surface area contributed by atoms with Gasteiger partial charge in [-0.15, -0.1) is 0 Å². The van der Waals surface area contributed by atoms with Crippen LogP contribution in [0.1, 0.15) is 0 Å². The molecule has 19 heteroatoms. The first-order valence-electron chi connectivity index (χ1n) is 2.19. The molecule has 19 heavy (non-hydrogen) atoms. The Morgan fingerprint density at radius 3 is 0.421 bits per heavy atom. The van der Waals surface area contributed by atoms with Gasteiger partial charge in [0.1, 0.15) is 0 Å². The summed E-state index contributed by atoms with van der Waals surface area (Å²) in [6.45, 7) is 0. The van der Waals surface area contributed by atoms with Crippen LogP contribution in [-0.2, 0) is 0 Å². The smallest absolute Gasteiger partial charge is 0.356 e. The van der Waals surface area contributed by atoms with Crippen molar-refractivity contribution in [3.05, 3.63) is 61.3 Å². The van der Waals surface area contributed by atoms with Crippen molar-refractivity contribution >= 4 is 37.7 Å². The molecular weight excluding hydrogens is 334 g/mol. The van der Waals surface area contributed by atoms with Crippen molar-refractivity contribution < 1.29 is 79.5 Å². The SMILES string of the molecule is O=[N+]([O-])[O-].O=[N+]([O-])[O-].O=[N+]([O-])[O-].O=[N+]([O-])[O-].[Ca+2].[Na+].[Na+]. The maximum Gasteiger partial charge on any atom is 2.00 e. The molecule has 0 spiro atoms. The molecule has 0 unspecified atom stereocenters. The van der Waals surface area contributed by atoms with E-state index in [4.69, 9.17) is 61.3 Å². The van der Waals surface area contributed by atoms with Gasteiger partial charge in [-0.3, -0.25) is 0 Å². The Labute approximate surface area is 176 Å². The molecule has 0 radical (unpaired) electrons. The molecule has 0 aliphatic rings. The zero-order chi connectivity index (χ0) is 14.3. The fraction of sp³-hybridized carbons (Fsp3) is 0. The Morgan fingerprint density at radius 2 is 0.421 bits per heavy atom. The van der Waals surface area contributed by atoms with Crippen LogP contribution in [0, 0.1) is 61.3 Å². The van der Waals surface area contributed by atoms with E-state index in [0.29, 0.717) is 0 Å². The van der Waals surface area contributed by atoms with E-state index in [1.807, 2.05) is 0 Å². The minimum atomic E-state index is -1.75. The summed E-state index contributed by atoms with van der Waals surface area (Å²) in [6, 6.07) is 0. The van der Waals surface area contributed by atoms with Gasteiger partial charge in [-0.2, -0.15) is 0 Å². The Morgan fingerprint density at radius 1 is 0.421 bits per heavy atom. The molecule has 0 amide bonds. The first-order valence-corrected chi connectivity index (χ1v) is 2.19. The largest absolute Gasteiger partial charge is 2.00 e. The van der Waals surface area contributed by atoms with E-state index in [-0.39, 0.29) is 96.9 Å². The summed E-state index contributed by atoms with van der Waals surface area (Å²) in [5, 5.41) is 59.0. The van der Waals surface area contributed by atoms with Crippen molar-refractivity contribution in [3.63, 3.8) is 0 Å². The predicted molar refractivity (Wildman–Crippen MR) is 47.2 cm³/mol. The maximum atomic E-state index is 8.25. The summed E-state index contributed by atoms with van der Waals surface area (Å²) in [5.74, 6) is 0. The molecule has 0 aliphatic heterocycles. The van der Waals surface area contributed by atoms with Gasteiger partial charge >= 0.3 is 96.9 Å². The van der Waals surface area contributed by atoms with Gasteiger partial charge in [0.05, 0.1) is 20.3 Å². The Hall–Kier alpha value is 0.0597. The zero-order valence-corrected chi connectivity index (χ0v) is 15.6. The normalized spacial score (nSPS) is 5.05. The minimum Gasteiger partial charge on any atom is -0.356 e. The van der Waals surface area contributed by atoms with Crippen molar-refractivity contribution in [2.45, 2.75) is 0 Å². The third-order valence-corrected chi connectivity index (χ3v) is 0. The van der Waals surface area contributed by atoms with Crippen LogP contribution in [0.4, 0.5) is 0 Å². The molecule has 0 saturated heterocycles. The second-order valence-electron chi connectivity index (χ2n) is 0.894. The summed E-state index contributed by atoms with van der Waals surface area (Å²) in [4.78, 5) is 33.0. The average Bonchev–Trinajstić information content (AvgIpc) is 1.76. The van der Waals surface area contributed by atoms with Gasteiger partial charge in [0.2, 0.25) is 0 Å². The number of hydrogen-bond donors (Lipinski definition) is 0. The molecule has 96 valence electrons. The molecule has 0 heterocycles. The number of rotatable bonds is 0. The van der Waals surface area contributed by atoms with Crippen LogP contribution in [0.5, 0.6) is 0 Å². The van der Waals surface area contributed by atoms with Crippen molar-refractivity contribution in [1.82, 2.24) is 0 Å². The molecule has 0 N–H and O–H groups in total. The van der Waals surface area contributed by atoms with E-state index in [0.717, 1.165) is 0 Å². The number of hydrogen-bond acceptors (Lipinski definition) is 12. The zero-order valence-electron chi connectivity index (χ0n) is 9.39. The molecule has 0 saturated carbocycles. The van der Waals surface area contributed by atoms with Gasteiger partial charge in [-0.05, 0) is 0 Å². The van der Waals surface area contributed by atoms with Crippen LogP contribution in [0.2, 0.25) is 0 Å². The van der Waals surface area contributed by atoms with Crippen LogP contribution in [0.15, 0.2) is 0 Å². The Bertz CT molecular complexity index is 168. The molecule has 0 aromatic carbocycles. The van der Waals surface area contributed by atoms with E-state index in [2.05, 4.69) is 0 Å². The van der Waals surface area contributed by atoms with Gasteiger partial charge in [0, 0.05) is 0 Å². The third-order valence-electron chi connectivity index (χ3n) is 0. The summed E-state index contributed by atoms with van der Waals surface area (Å²) in [6.07, 6.45) is 0. The van der Waals surface area contributed by atoms with Gasteiger partial charge in [-0.25, -0.2) is 0 Å². The molecule has 0 aliphatic carbocycles. The van der Waals surface area contributed by atoms with E-state index >= 15 is 0 Å². The fourth-order valence-electron chi connectivity index (χ4n) is 0. The first-order chi connectivity index (χ1) is 6.93. The summed E-state index contributed by atoms with van der Waals surface area (Å²) in [7, 11) is 0. The van der Waals surface area contributed by atoms with Crippen LogP contribution in [-0.4, -0.2) is 58.1 Å². The van der Waals surface area contributed by atoms with Crippen LogP contribution < -0.4 is 59.1 Å². The predicted octanol–water partition coefficient (Wildman–Crippen LogP) is -7.33. The van der Waals surface area contributed by atoms with Crippen molar-refractivity contribution in [2.24, 2.45) is 0 Å². The van der Waals surface area contributed by atoms with Gasteiger partial charge in [0.25, 0.3) is 0 Å². The van der Waals surface area contributed by atoms with Crippen LogP contribution in [0.3, 0.4) is 0 Å². The van der Waals surface area contributed by atoms with E-state index in [9.17, 15) is 0 Å². The molecule has 0 aromatic heterocycles. The summed E-state index contributed by atoms with van der Waals surface area (Å²) >= 11 is 0. The topological polar surface area (TPSA) is 265 Å². The molecule has 0 aromatic rings. The molecular formula is CaN4Na2O12. The first kappa shape index (κ1) is 42.7. The van der Waals surface area contributed by atoms with Crippen molar-refractivity contribution in [2.75, 3.05) is 0 Å². The minimum absolute atomic E-state index is 0. The molecule has 16 nitrogen and oxygen atoms in total. The van der Waals surface area contributed by atoms with E-state index in [1.165, 1.54) is 0 Å². The second-order valence-corrected chi connectivity index (χ2v) is 0.894. The second kappa shape index (κ2) is 36.1. The summed E-state index contributed by atoms with van der Waals surface area (Å²) < 4.78 is 0. The fourth-order valence-corrected chi connectivity index (χ4v) is 0. The quantitative estimate of drug-likeness (QED) is 0.227. The van der Waals surface area contributed by atoms with Gasteiger partial charge < -0.3 is 61.3 Å². The van der Waals surface area contributed by atoms with Crippen molar-refractivity contribution in [3.8, 4) is 0 Å². The molecule has 0 bridgehead atoms. The van der Waals surface area contributed by atoms with Crippen LogP contribution >= 0.6 is 0 Å². The number of nitrogens with zero attached hydrogens (tertiary/aromatic N) is 4. The average molecular weight is 334 g/mol. The summed E-state index contributed by atoms with van der Waals surface area (Å²) in [5.41, 5.74) is 0. The van der Waals surface area contributed by atoms with E-state index in [1.54, 1.807) is 0 Å². The van der Waals surface area contributed by atoms with Crippen molar-refractivity contribution in [1.29, 1.82) is 0 Å². The maximum absolute atomic E-state index is 8.25. The Kier molecular flexibility index (Phi) is 81.3. The third kappa shape index (κ3) is 1310000. The van der Waals surface area contributed by atoms with Gasteiger partial charge in [-0.1, -0.05) is 0 Å². The van der Waals surface area contributed by atoms with E-state index < -0.39 is 20.3 Å². The van der Waals surface area contributed by atoms with Crippen LogP contribution in [0.25, 0.3) is 0 Å². The molecule has 0 fully saturated rings. The van der Waals surface area contributed by atoms with Gasteiger partial charge in [0.15, 0.2) is 0 Å². The molecule has 0 rings (SSSR count).